The maximum atomic E-state index is 4.45. The predicted octanol–water partition coefficient (Wildman–Crippen LogP) is 3.67. The first kappa shape index (κ1) is 20.2. The van der Waals surface area contributed by atoms with E-state index in [1.54, 1.807) is 7.05 Å². The molecule has 3 aromatic rings. The topological polar surface area (TPSA) is 54.2 Å². The van der Waals surface area contributed by atoms with E-state index < -0.39 is 0 Å². The van der Waals surface area contributed by atoms with E-state index in [1.807, 2.05) is 18.7 Å². The lowest BCUT2D eigenvalue weighted by atomic mass is 10.1. The zero-order valence-electron chi connectivity index (χ0n) is 15.7. The molecule has 2 N–H and O–H groups in total. The van der Waals surface area contributed by atoms with Crippen LogP contribution in [0.25, 0.3) is 10.8 Å². The van der Waals surface area contributed by atoms with Crippen LogP contribution in [0.2, 0.25) is 0 Å². The standard InChI is InChI=1S/C20H25N5.HI/c1-14-19(15(2)25(4)24-14)13-23-20(21-3)22-12-16-9-10-17-7-5-6-8-18(17)11-16;/h5-11H,12-13H2,1-4H3,(H2,21,22,23);1H. The average molecular weight is 463 g/mol. The van der Waals surface area contributed by atoms with Crippen molar-refractivity contribution in [2.24, 2.45) is 12.0 Å². The second-order valence-corrected chi connectivity index (χ2v) is 6.23. The summed E-state index contributed by atoms with van der Waals surface area (Å²) >= 11 is 0. The second-order valence-electron chi connectivity index (χ2n) is 6.23. The number of rotatable bonds is 4. The molecule has 2 aromatic carbocycles. The van der Waals surface area contributed by atoms with E-state index in [0.717, 1.165) is 18.2 Å². The third-order valence-corrected chi connectivity index (χ3v) is 4.59. The lowest BCUT2D eigenvalue weighted by Gasteiger charge is -2.12. The van der Waals surface area contributed by atoms with Gasteiger partial charge < -0.3 is 10.6 Å². The number of nitrogens with zero attached hydrogens (tertiary/aromatic N) is 3. The molecule has 0 saturated carbocycles. The molecule has 0 spiro atoms. The number of hydrogen-bond acceptors (Lipinski definition) is 2. The van der Waals surface area contributed by atoms with Crippen LogP contribution in [0.3, 0.4) is 0 Å². The Bertz CT molecular complexity index is 914. The van der Waals surface area contributed by atoms with Crippen LogP contribution in [-0.2, 0) is 20.1 Å². The number of guanidine groups is 1. The Kier molecular flexibility index (Phi) is 7.02. The summed E-state index contributed by atoms with van der Waals surface area (Å²) in [6, 6.07) is 14.9. The molecule has 138 valence electrons. The highest BCUT2D eigenvalue weighted by molar-refractivity contribution is 14.0. The quantitative estimate of drug-likeness (QED) is 0.353. The van der Waals surface area contributed by atoms with Crippen molar-refractivity contribution >= 4 is 40.7 Å². The van der Waals surface area contributed by atoms with Crippen LogP contribution in [0.5, 0.6) is 0 Å². The van der Waals surface area contributed by atoms with E-state index >= 15 is 0 Å². The summed E-state index contributed by atoms with van der Waals surface area (Å²) in [4.78, 5) is 4.31. The number of aryl methyl sites for hydroxylation is 2. The van der Waals surface area contributed by atoms with Crippen LogP contribution in [0.4, 0.5) is 0 Å². The highest BCUT2D eigenvalue weighted by Gasteiger charge is 2.09. The van der Waals surface area contributed by atoms with E-state index in [2.05, 4.69) is 70.1 Å². The van der Waals surface area contributed by atoms with Crippen molar-refractivity contribution in [3.05, 3.63) is 65.0 Å². The van der Waals surface area contributed by atoms with Gasteiger partial charge in [0.1, 0.15) is 0 Å². The van der Waals surface area contributed by atoms with Gasteiger partial charge >= 0.3 is 0 Å². The van der Waals surface area contributed by atoms with Crippen LogP contribution in [-0.4, -0.2) is 22.8 Å². The molecule has 0 aliphatic carbocycles. The molecule has 26 heavy (non-hydrogen) atoms. The van der Waals surface area contributed by atoms with Crippen LogP contribution in [0.1, 0.15) is 22.5 Å². The summed E-state index contributed by atoms with van der Waals surface area (Å²) < 4.78 is 1.91. The molecule has 0 aliphatic rings. The molecule has 5 nitrogen and oxygen atoms in total. The molecular weight excluding hydrogens is 437 g/mol. The van der Waals surface area contributed by atoms with Gasteiger partial charge in [-0.3, -0.25) is 9.67 Å². The van der Waals surface area contributed by atoms with Gasteiger partial charge in [-0.1, -0.05) is 36.4 Å². The van der Waals surface area contributed by atoms with E-state index in [4.69, 9.17) is 0 Å². The third kappa shape index (κ3) is 4.55. The Morgan fingerprint density at radius 1 is 1.04 bits per heavy atom. The highest BCUT2D eigenvalue weighted by Crippen LogP contribution is 2.15. The lowest BCUT2D eigenvalue weighted by molar-refractivity contribution is 0.728. The van der Waals surface area contributed by atoms with Gasteiger partial charge in [0.15, 0.2) is 5.96 Å². The summed E-state index contributed by atoms with van der Waals surface area (Å²) in [5, 5.41) is 13.7. The summed E-state index contributed by atoms with van der Waals surface area (Å²) in [7, 11) is 3.76. The minimum Gasteiger partial charge on any atom is -0.352 e. The molecule has 1 heterocycles. The zero-order valence-corrected chi connectivity index (χ0v) is 18.0. The van der Waals surface area contributed by atoms with Crippen molar-refractivity contribution in [3.63, 3.8) is 0 Å². The Balaban J connectivity index is 0.00000243. The Labute approximate surface area is 171 Å². The van der Waals surface area contributed by atoms with Gasteiger partial charge in [-0.15, -0.1) is 24.0 Å². The summed E-state index contributed by atoms with van der Waals surface area (Å²) in [5.74, 6) is 0.788. The van der Waals surface area contributed by atoms with Crippen molar-refractivity contribution < 1.29 is 0 Å². The molecule has 3 rings (SSSR count). The molecule has 0 aliphatic heterocycles. The van der Waals surface area contributed by atoms with E-state index in [-0.39, 0.29) is 24.0 Å². The van der Waals surface area contributed by atoms with Gasteiger partial charge in [-0.2, -0.15) is 5.10 Å². The second kappa shape index (κ2) is 9.02. The molecular formula is C20H26IN5. The predicted molar refractivity (Wildman–Crippen MR) is 119 cm³/mol. The van der Waals surface area contributed by atoms with Crippen LogP contribution in [0.15, 0.2) is 47.5 Å². The van der Waals surface area contributed by atoms with Crippen molar-refractivity contribution in [1.29, 1.82) is 0 Å². The normalized spacial score (nSPS) is 11.3. The smallest absolute Gasteiger partial charge is 0.191 e. The van der Waals surface area contributed by atoms with E-state index in [1.165, 1.54) is 27.6 Å². The first-order chi connectivity index (χ1) is 12.1. The van der Waals surface area contributed by atoms with E-state index in [9.17, 15) is 0 Å². The number of benzene rings is 2. The molecule has 0 atom stereocenters. The molecule has 0 saturated heterocycles. The molecule has 0 unspecified atom stereocenters. The van der Waals surface area contributed by atoms with Crippen LogP contribution >= 0.6 is 24.0 Å². The Hall–Kier alpha value is -2.09. The highest BCUT2D eigenvalue weighted by atomic mass is 127. The summed E-state index contributed by atoms with van der Waals surface area (Å²) in [5.41, 5.74) is 4.68. The van der Waals surface area contributed by atoms with Gasteiger partial charge in [-0.25, -0.2) is 0 Å². The largest absolute Gasteiger partial charge is 0.352 e. The van der Waals surface area contributed by atoms with Crippen LogP contribution in [0, 0.1) is 13.8 Å². The summed E-state index contributed by atoms with van der Waals surface area (Å²) in [6.45, 7) is 5.57. The monoisotopic (exact) mass is 463 g/mol. The number of aliphatic imine (C=N–C) groups is 1. The average Bonchev–Trinajstić information content (AvgIpc) is 2.87. The maximum Gasteiger partial charge on any atom is 0.191 e. The van der Waals surface area contributed by atoms with Crippen molar-refractivity contribution in [1.82, 2.24) is 20.4 Å². The zero-order chi connectivity index (χ0) is 17.8. The number of nitrogens with one attached hydrogen (secondary N) is 2. The first-order valence-corrected chi connectivity index (χ1v) is 8.49. The molecule has 6 heteroatoms. The minimum absolute atomic E-state index is 0. The number of fused-ring (bicyclic) bond motifs is 1. The van der Waals surface area contributed by atoms with Gasteiger partial charge in [0.25, 0.3) is 0 Å². The lowest BCUT2D eigenvalue weighted by Crippen LogP contribution is -2.36. The van der Waals surface area contributed by atoms with Crippen molar-refractivity contribution in [2.75, 3.05) is 7.05 Å². The minimum atomic E-state index is 0. The fraction of sp³-hybridized carbons (Fsp3) is 0.300. The van der Waals surface area contributed by atoms with Crippen LogP contribution < -0.4 is 10.6 Å². The number of aromatic nitrogens is 2. The van der Waals surface area contributed by atoms with Gasteiger partial charge in [0.05, 0.1) is 5.69 Å². The van der Waals surface area contributed by atoms with Gasteiger partial charge in [0, 0.05) is 38.4 Å². The SMILES string of the molecule is CN=C(NCc1ccc2ccccc2c1)NCc1c(C)nn(C)c1C.I. The number of halogens is 1. The van der Waals surface area contributed by atoms with E-state index in [0.29, 0.717) is 6.54 Å². The fourth-order valence-electron chi connectivity index (χ4n) is 3.00. The molecule has 0 bridgehead atoms. The maximum absolute atomic E-state index is 4.45. The van der Waals surface area contributed by atoms with Crippen molar-refractivity contribution in [2.45, 2.75) is 26.9 Å². The van der Waals surface area contributed by atoms with Gasteiger partial charge in [-0.05, 0) is 36.2 Å². The molecule has 0 amide bonds. The Morgan fingerprint density at radius 2 is 1.73 bits per heavy atom. The molecule has 0 fully saturated rings. The Morgan fingerprint density at radius 3 is 2.38 bits per heavy atom. The first-order valence-electron chi connectivity index (χ1n) is 8.49. The fourth-order valence-corrected chi connectivity index (χ4v) is 3.00. The van der Waals surface area contributed by atoms with Gasteiger partial charge in [0.2, 0.25) is 0 Å². The van der Waals surface area contributed by atoms with Crippen molar-refractivity contribution in [3.8, 4) is 0 Å². The third-order valence-electron chi connectivity index (χ3n) is 4.59. The number of hydrogen-bond donors (Lipinski definition) is 2. The summed E-state index contributed by atoms with van der Waals surface area (Å²) in [6.07, 6.45) is 0. The molecule has 0 radical (unpaired) electrons. The molecule has 1 aromatic heterocycles.